The summed E-state index contributed by atoms with van der Waals surface area (Å²) in [4.78, 5) is 6.55. The van der Waals surface area contributed by atoms with Crippen molar-refractivity contribution < 1.29 is 14.6 Å². The summed E-state index contributed by atoms with van der Waals surface area (Å²) in [6.07, 6.45) is 6.96. The lowest BCUT2D eigenvalue weighted by atomic mass is 9.83. The van der Waals surface area contributed by atoms with E-state index >= 15 is 0 Å². The van der Waals surface area contributed by atoms with Crippen LogP contribution in [0.4, 0.5) is 0 Å². The summed E-state index contributed by atoms with van der Waals surface area (Å²) >= 11 is 0. The van der Waals surface area contributed by atoms with E-state index in [0.29, 0.717) is 19.4 Å². The summed E-state index contributed by atoms with van der Waals surface area (Å²) in [5.74, 6) is 1.68. The second kappa shape index (κ2) is 9.54. The molecule has 0 spiro atoms. The topological polar surface area (TPSA) is 59.8 Å². The van der Waals surface area contributed by atoms with Gasteiger partial charge in [0.05, 0.1) is 32.2 Å². The van der Waals surface area contributed by atoms with Crippen molar-refractivity contribution in [1.29, 1.82) is 0 Å². The largest absolute Gasteiger partial charge is 0.496 e. The first kappa shape index (κ1) is 21.4. The predicted molar refractivity (Wildman–Crippen MR) is 120 cm³/mol. The molecule has 2 aromatic carbocycles. The number of hydrogen-bond donors (Lipinski definition) is 1. The molecule has 0 saturated carbocycles. The summed E-state index contributed by atoms with van der Waals surface area (Å²) in [5.41, 5.74) is 2.45. The molecule has 0 atom stereocenters. The van der Waals surface area contributed by atoms with Gasteiger partial charge in [-0.15, -0.1) is 0 Å². The fourth-order valence-corrected chi connectivity index (χ4v) is 4.37. The summed E-state index contributed by atoms with van der Waals surface area (Å²) in [5, 5.41) is 11.3. The molecule has 1 fully saturated rings. The van der Waals surface area contributed by atoms with Gasteiger partial charge in [0.25, 0.3) is 0 Å². The van der Waals surface area contributed by atoms with Gasteiger partial charge in [0.15, 0.2) is 0 Å². The second-order valence-electron chi connectivity index (χ2n) is 8.12. The summed E-state index contributed by atoms with van der Waals surface area (Å²) in [6.45, 7) is 5.90. The van der Waals surface area contributed by atoms with Gasteiger partial charge in [0, 0.05) is 43.2 Å². The Bertz CT molecular complexity index is 979. The van der Waals surface area contributed by atoms with Crippen LogP contribution in [0.2, 0.25) is 0 Å². The van der Waals surface area contributed by atoms with E-state index in [4.69, 9.17) is 9.47 Å². The first-order valence-electron chi connectivity index (χ1n) is 10.9. The summed E-state index contributed by atoms with van der Waals surface area (Å²) < 4.78 is 13.4. The first-order valence-corrected chi connectivity index (χ1v) is 10.9. The van der Waals surface area contributed by atoms with Crippen molar-refractivity contribution in [2.75, 3.05) is 26.8 Å². The van der Waals surface area contributed by atoms with Crippen molar-refractivity contribution in [3.05, 3.63) is 77.9 Å². The lowest BCUT2D eigenvalue weighted by Crippen LogP contribution is -2.42. The van der Waals surface area contributed by atoms with E-state index < -0.39 is 5.60 Å². The smallest absolute Gasteiger partial charge is 0.124 e. The highest BCUT2D eigenvalue weighted by Crippen LogP contribution is 2.38. The highest BCUT2D eigenvalue weighted by Gasteiger charge is 2.36. The Morgan fingerprint density at radius 3 is 2.58 bits per heavy atom. The van der Waals surface area contributed by atoms with Crippen molar-refractivity contribution in [1.82, 2.24) is 14.5 Å². The number of imidazole rings is 1. The molecule has 3 aromatic rings. The molecular weight excluding hydrogens is 390 g/mol. The Hall–Kier alpha value is -2.83. The van der Waals surface area contributed by atoms with E-state index in [1.807, 2.05) is 43.7 Å². The third kappa shape index (κ3) is 4.92. The van der Waals surface area contributed by atoms with Crippen LogP contribution in [0.3, 0.4) is 0 Å². The van der Waals surface area contributed by atoms with Crippen LogP contribution in [0.25, 0.3) is 0 Å². The molecule has 4 rings (SSSR count). The molecule has 1 N–H and O–H groups in total. The van der Waals surface area contributed by atoms with Gasteiger partial charge >= 0.3 is 0 Å². The monoisotopic (exact) mass is 421 g/mol. The third-order valence-corrected chi connectivity index (χ3v) is 6.03. The van der Waals surface area contributed by atoms with E-state index in [0.717, 1.165) is 48.8 Å². The first-order chi connectivity index (χ1) is 15.1. The molecule has 0 radical (unpaired) electrons. The van der Waals surface area contributed by atoms with Crippen LogP contribution >= 0.6 is 0 Å². The lowest BCUT2D eigenvalue weighted by Gasteiger charge is -2.39. The normalized spacial score (nSPS) is 16.2. The van der Waals surface area contributed by atoms with Crippen LogP contribution in [-0.4, -0.2) is 46.4 Å². The molecule has 2 heterocycles. The number of piperidine rings is 1. The second-order valence-corrected chi connectivity index (χ2v) is 8.12. The fraction of sp³-hybridized carbons (Fsp3) is 0.400. The van der Waals surface area contributed by atoms with E-state index in [1.54, 1.807) is 13.3 Å². The molecule has 0 aliphatic carbocycles. The highest BCUT2D eigenvalue weighted by atomic mass is 16.5. The maximum absolute atomic E-state index is 11.3. The van der Waals surface area contributed by atoms with Gasteiger partial charge in [0.1, 0.15) is 11.5 Å². The molecule has 1 saturated heterocycles. The number of likely N-dealkylation sites (tertiary alicyclic amines) is 1. The van der Waals surface area contributed by atoms with E-state index in [2.05, 4.69) is 32.7 Å². The van der Waals surface area contributed by atoms with E-state index in [1.165, 1.54) is 5.56 Å². The Labute approximate surface area is 184 Å². The predicted octanol–water partition coefficient (Wildman–Crippen LogP) is 3.82. The van der Waals surface area contributed by atoms with Gasteiger partial charge in [0.2, 0.25) is 0 Å². The number of hydrogen-bond acceptors (Lipinski definition) is 5. The average Bonchev–Trinajstić information content (AvgIpc) is 3.30. The molecule has 6 heteroatoms. The number of rotatable bonds is 8. The number of benzene rings is 2. The van der Waals surface area contributed by atoms with Crippen molar-refractivity contribution in [3.8, 4) is 11.5 Å². The van der Waals surface area contributed by atoms with E-state index in [9.17, 15) is 5.11 Å². The number of aromatic nitrogens is 2. The third-order valence-electron chi connectivity index (χ3n) is 6.03. The summed E-state index contributed by atoms with van der Waals surface area (Å²) in [7, 11) is 1.66. The Morgan fingerprint density at radius 1 is 1.06 bits per heavy atom. The average molecular weight is 422 g/mol. The minimum absolute atomic E-state index is 0.643. The number of aliphatic hydroxyl groups is 1. The zero-order valence-electron chi connectivity index (χ0n) is 18.3. The fourth-order valence-electron chi connectivity index (χ4n) is 4.37. The van der Waals surface area contributed by atoms with Crippen LogP contribution in [0.5, 0.6) is 11.5 Å². The number of para-hydroxylation sites is 1. The molecule has 164 valence electrons. The molecule has 0 bridgehead atoms. The quantitative estimate of drug-likeness (QED) is 0.599. The zero-order chi connectivity index (χ0) is 21.7. The maximum atomic E-state index is 11.3. The number of ether oxygens (including phenoxy) is 2. The van der Waals surface area contributed by atoms with Gasteiger partial charge in [-0.3, -0.25) is 4.90 Å². The number of nitrogens with zero attached hydrogens (tertiary/aromatic N) is 3. The molecule has 1 aliphatic rings. The summed E-state index contributed by atoms with van der Waals surface area (Å²) in [6, 6.07) is 14.2. The van der Waals surface area contributed by atoms with E-state index in [-0.39, 0.29) is 0 Å². The van der Waals surface area contributed by atoms with Crippen LogP contribution in [0.1, 0.15) is 36.5 Å². The molecule has 1 aliphatic heterocycles. The molecule has 0 amide bonds. The molecular formula is C25H31N3O3. The van der Waals surface area contributed by atoms with Gasteiger partial charge in [-0.1, -0.05) is 24.3 Å². The minimum Gasteiger partial charge on any atom is -0.496 e. The van der Waals surface area contributed by atoms with Crippen LogP contribution < -0.4 is 9.47 Å². The van der Waals surface area contributed by atoms with Crippen LogP contribution in [0, 0.1) is 0 Å². The van der Waals surface area contributed by atoms with Crippen molar-refractivity contribution in [2.24, 2.45) is 0 Å². The van der Waals surface area contributed by atoms with Crippen LogP contribution in [0.15, 0.2) is 61.2 Å². The van der Waals surface area contributed by atoms with Gasteiger partial charge in [-0.2, -0.15) is 0 Å². The molecule has 1 aromatic heterocycles. The van der Waals surface area contributed by atoms with Gasteiger partial charge in [-0.25, -0.2) is 4.98 Å². The Morgan fingerprint density at radius 2 is 1.87 bits per heavy atom. The molecule has 31 heavy (non-hydrogen) atoms. The standard InChI is InChI=1S/C25H31N3O3/c1-3-31-23-9-8-20(16-21(23)18-28-15-12-26-19-28)17-27-13-10-25(29,11-14-27)22-6-4-5-7-24(22)30-2/h4-9,12,15-16,19,29H,3,10-11,13-14,17-18H2,1-2H3. The van der Waals surface area contributed by atoms with Gasteiger partial charge in [-0.05, 0) is 43.5 Å². The minimum atomic E-state index is -0.839. The van der Waals surface area contributed by atoms with Crippen molar-refractivity contribution in [3.63, 3.8) is 0 Å². The van der Waals surface area contributed by atoms with Crippen molar-refractivity contribution >= 4 is 0 Å². The van der Waals surface area contributed by atoms with Crippen LogP contribution in [-0.2, 0) is 18.7 Å². The Kier molecular flexibility index (Phi) is 6.59. The molecule has 0 unspecified atom stereocenters. The zero-order valence-corrected chi connectivity index (χ0v) is 18.3. The lowest BCUT2D eigenvalue weighted by molar-refractivity contribution is -0.0292. The highest BCUT2D eigenvalue weighted by molar-refractivity contribution is 5.39. The SMILES string of the molecule is CCOc1ccc(CN2CCC(O)(c3ccccc3OC)CC2)cc1Cn1ccnc1. The van der Waals surface area contributed by atoms with Gasteiger partial charge < -0.3 is 19.1 Å². The molecule has 6 nitrogen and oxygen atoms in total. The maximum Gasteiger partial charge on any atom is 0.124 e. The Balaban J connectivity index is 1.44. The number of methoxy groups -OCH3 is 1. The van der Waals surface area contributed by atoms with Crippen molar-refractivity contribution in [2.45, 2.75) is 38.5 Å².